The highest BCUT2D eigenvalue weighted by molar-refractivity contribution is 5.40. The molecule has 2 nitrogen and oxygen atoms in total. The summed E-state index contributed by atoms with van der Waals surface area (Å²) < 4.78 is 5.40. The molecule has 5 atom stereocenters. The lowest BCUT2D eigenvalue weighted by molar-refractivity contribution is -0.0901. The van der Waals surface area contributed by atoms with Crippen molar-refractivity contribution in [2.75, 3.05) is 7.11 Å². The van der Waals surface area contributed by atoms with Crippen molar-refractivity contribution < 1.29 is 9.84 Å². The number of hydrogen-bond donors (Lipinski definition) is 1. The fourth-order valence-electron chi connectivity index (χ4n) is 5.93. The van der Waals surface area contributed by atoms with Crippen LogP contribution in [0.4, 0.5) is 0 Å². The van der Waals surface area contributed by atoms with Gasteiger partial charge in [-0.15, -0.1) is 0 Å². The molecular formula is C20H28O2. The minimum Gasteiger partial charge on any atom is -0.497 e. The molecule has 1 unspecified atom stereocenters. The zero-order chi connectivity index (χ0) is 15.5. The third-order valence-corrected chi connectivity index (χ3v) is 7.50. The van der Waals surface area contributed by atoms with Crippen molar-refractivity contribution in [3.63, 3.8) is 0 Å². The second kappa shape index (κ2) is 4.74. The van der Waals surface area contributed by atoms with Gasteiger partial charge in [0.2, 0.25) is 0 Å². The Morgan fingerprint density at radius 3 is 2.73 bits per heavy atom. The van der Waals surface area contributed by atoms with E-state index in [0.29, 0.717) is 11.8 Å². The van der Waals surface area contributed by atoms with Crippen LogP contribution in [0.5, 0.6) is 5.75 Å². The summed E-state index contributed by atoms with van der Waals surface area (Å²) in [7, 11) is 1.75. The summed E-state index contributed by atoms with van der Waals surface area (Å²) >= 11 is 0. The summed E-state index contributed by atoms with van der Waals surface area (Å²) in [5, 5.41) is 10.9. The van der Waals surface area contributed by atoms with E-state index in [0.717, 1.165) is 24.5 Å². The van der Waals surface area contributed by atoms with E-state index in [1.807, 2.05) is 0 Å². The molecule has 4 rings (SSSR count). The summed E-state index contributed by atoms with van der Waals surface area (Å²) in [4.78, 5) is 0. The highest BCUT2D eigenvalue weighted by atomic mass is 16.5. The van der Waals surface area contributed by atoms with E-state index in [1.165, 1.54) is 31.2 Å². The van der Waals surface area contributed by atoms with Gasteiger partial charge in [-0.05, 0) is 91.9 Å². The number of benzene rings is 1. The molecule has 3 aliphatic rings. The largest absolute Gasteiger partial charge is 0.497 e. The van der Waals surface area contributed by atoms with Crippen LogP contribution >= 0.6 is 0 Å². The fourth-order valence-corrected chi connectivity index (χ4v) is 5.93. The number of fused-ring (bicyclic) bond motifs is 5. The summed E-state index contributed by atoms with van der Waals surface area (Å²) in [5.41, 5.74) is 2.71. The average molecular weight is 300 g/mol. The van der Waals surface area contributed by atoms with E-state index in [4.69, 9.17) is 4.74 Å². The van der Waals surface area contributed by atoms with Crippen LogP contribution in [0, 0.1) is 17.3 Å². The molecule has 1 aromatic carbocycles. The zero-order valence-corrected chi connectivity index (χ0v) is 14.1. The molecule has 0 aliphatic heterocycles. The van der Waals surface area contributed by atoms with E-state index >= 15 is 0 Å². The van der Waals surface area contributed by atoms with Crippen LogP contribution in [-0.2, 0) is 6.42 Å². The van der Waals surface area contributed by atoms with Crippen molar-refractivity contribution in [3.8, 4) is 5.75 Å². The first-order valence-corrected chi connectivity index (χ1v) is 8.85. The van der Waals surface area contributed by atoms with Gasteiger partial charge in [-0.2, -0.15) is 0 Å². The van der Waals surface area contributed by atoms with E-state index in [-0.39, 0.29) is 5.41 Å². The molecule has 0 amide bonds. The van der Waals surface area contributed by atoms with Gasteiger partial charge in [-0.1, -0.05) is 13.0 Å². The third kappa shape index (κ3) is 1.83. The predicted octanol–water partition coefficient (Wildman–Crippen LogP) is 4.30. The van der Waals surface area contributed by atoms with Gasteiger partial charge in [0, 0.05) is 0 Å². The first-order chi connectivity index (χ1) is 10.5. The summed E-state index contributed by atoms with van der Waals surface area (Å²) in [6, 6.07) is 6.67. The molecular weight excluding hydrogens is 272 g/mol. The normalized spacial score (nSPS) is 43.2. The summed E-state index contributed by atoms with van der Waals surface area (Å²) in [5.74, 6) is 3.13. The van der Waals surface area contributed by atoms with Crippen LogP contribution in [0.2, 0.25) is 0 Å². The van der Waals surface area contributed by atoms with Gasteiger partial charge in [0.1, 0.15) is 5.75 Å². The number of methoxy groups -OCH3 is 1. The predicted molar refractivity (Wildman–Crippen MR) is 88.2 cm³/mol. The van der Waals surface area contributed by atoms with Crippen LogP contribution in [0.15, 0.2) is 18.2 Å². The molecule has 1 N–H and O–H groups in total. The SMILES string of the molecule is COc1ccc2c(c1)CCC1[C@@H]2CC[C@@]2(C)[C@H]1CC[C@]2(C)O. The Morgan fingerprint density at radius 2 is 1.95 bits per heavy atom. The van der Waals surface area contributed by atoms with Gasteiger partial charge in [-0.3, -0.25) is 0 Å². The van der Waals surface area contributed by atoms with Crippen LogP contribution in [0.1, 0.15) is 63.0 Å². The smallest absolute Gasteiger partial charge is 0.119 e. The van der Waals surface area contributed by atoms with Crippen molar-refractivity contribution in [2.45, 2.75) is 63.9 Å². The second-order valence-corrected chi connectivity index (χ2v) is 8.25. The Balaban J connectivity index is 1.69. The van der Waals surface area contributed by atoms with Crippen molar-refractivity contribution in [2.24, 2.45) is 17.3 Å². The summed E-state index contributed by atoms with van der Waals surface area (Å²) in [6.45, 7) is 4.43. The van der Waals surface area contributed by atoms with Crippen molar-refractivity contribution in [1.29, 1.82) is 0 Å². The molecule has 0 radical (unpaired) electrons. The van der Waals surface area contributed by atoms with Crippen molar-refractivity contribution in [3.05, 3.63) is 29.3 Å². The molecule has 0 heterocycles. The van der Waals surface area contributed by atoms with Gasteiger partial charge >= 0.3 is 0 Å². The van der Waals surface area contributed by atoms with E-state index in [9.17, 15) is 5.11 Å². The Labute approximate surface area is 133 Å². The fraction of sp³-hybridized carbons (Fsp3) is 0.700. The Bertz CT molecular complexity index is 591. The highest BCUT2D eigenvalue weighted by Gasteiger charge is 2.59. The Kier molecular flexibility index (Phi) is 3.14. The van der Waals surface area contributed by atoms with Gasteiger partial charge in [0.25, 0.3) is 0 Å². The van der Waals surface area contributed by atoms with Gasteiger partial charge in [0.05, 0.1) is 12.7 Å². The van der Waals surface area contributed by atoms with Crippen LogP contribution < -0.4 is 4.74 Å². The first-order valence-electron chi connectivity index (χ1n) is 8.85. The minimum absolute atomic E-state index is 0.123. The molecule has 0 aromatic heterocycles. The first kappa shape index (κ1) is 14.6. The topological polar surface area (TPSA) is 29.5 Å². The lowest BCUT2D eigenvalue weighted by Crippen LogP contribution is -2.49. The van der Waals surface area contributed by atoms with E-state index in [2.05, 4.69) is 32.0 Å². The molecule has 0 saturated heterocycles. The summed E-state index contributed by atoms with van der Waals surface area (Å²) in [6.07, 6.45) is 7.02. The molecule has 120 valence electrons. The second-order valence-electron chi connectivity index (χ2n) is 8.25. The maximum Gasteiger partial charge on any atom is 0.119 e. The quantitative estimate of drug-likeness (QED) is 0.838. The molecule has 0 bridgehead atoms. The lowest BCUT2D eigenvalue weighted by Gasteiger charge is -2.52. The molecule has 22 heavy (non-hydrogen) atoms. The molecule has 1 aromatic rings. The number of rotatable bonds is 1. The molecule has 2 saturated carbocycles. The Morgan fingerprint density at radius 1 is 1.14 bits per heavy atom. The Hall–Kier alpha value is -1.02. The monoisotopic (exact) mass is 300 g/mol. The van der Waals surface area contributed by atoms with Crippen molar-refractivity contribution >= 4 is 0 Å². The van der Waals surface area contributed by atoms with Crippen LogP contribution in [-0.4, -0.2) is 17.8 Å². The molecule has 3 aliphatic carbocycles. The third-order valence-electron chi connectivity index (χ3n) is 7.50. The minimum atomic E-state index is -0.469. The van der Waals surface area contributed by atoms with Gasteiger partial charge < -0.3 is 9.84 Å². The number of aliphatic hydroxyl groups is 1. The highest BCUT2D eigenvalue weighted by Crippen LogP contribution is 2.64. The lowest BCUT2D eigenvalue weighted by atomic mass is 9.53. The average Bonchev–Trinajstić information content (AvgIpc) is 2.76. The van der Waals surface area contributed by atoms with E-state index < -0.39 is 5.60 Å². The van der Waals surface area contributed by atoms with Crippen LogP contribution in [0.3, 0.4) is 0 Å². The molecule has 2 heteroatoms. The molecule has 0 spiro atoms. The zero-order valence-electron chi connectivity index (χ0n) is 14.1. The molecule has 2 fully saturated rings. The van der Waals surface area contributed by atoms with Gasteiger partial charge in [-0.25, -0.2) is 0 Å². The maximum absolute atomic E-state index is 10.9. The standard InChI is InChI=1S/C20H28O2/c1-19-10-8-16-15-7-5-14(22-3)12-13(15)4-6-17(16)18(19)9-11-20(19,2)21/h5,7,12,16-18,21H,4,6,8-11H2,1-3H3/t16-,17?,18+,19+,20+/m1/s1. The number of ether oxygens (including phenoxy) is 1. The number of aryl methyl sites for hydroxylation is 1. The number of hydrogen-bond acceptors (Lipinski definition) is 2. The maximum atomic E-state index is 10.9. The van der Waals surface area contributed by atoms with Crippen LogP contribution in [0.25, 0.3) is 0 Å². The van der Waals surface area contributed by atoms with Crippen molar-refractivity contribution in [1.82, 2.24) is 0 Å². The van der Waals surface area contributed by atoms with E-state index in [1.54, 1.807) is 12.7 Å². The van der Waals surface area contributed by atoms with Gasteiger partial charge in [0.15, 0.2) is 0 Å².